The molecule has 0 aromatic carbocycles. The maximum Gasteiger partial charge on any atom is 0.233 e. The number of rotatable bonds is 4. The molecule has 3 atom stereocenters. The van der Waals surface area contributed by atoms with Gasteiger partial charge in [0.2, 0.25) is 11.8 Å². The number of carbonyl (C=O) groups is 2. The van der Waals surface area contributed by atoms with Gasteiger partial charge in [0, 0.05) is 29.3 Å². The standard InChI is InChI=1S/C19H23N3O2S2/c1-12-5-3-6-13(2)22(12)18(24)11-26-19-15(10-20)14(9-17(23)21-19)16-7-4-8-25-16/h4,7-8,12-14H,3,5-6,9,11H2,1-2H3,(H,21,23)/t12-,13-,14+/m1/s1. The van der Waals surface area contributed by atoms with Crippen molar-refractivity contribution in [2.45, 2.75) is 57.5 Å². The molecule has 1 fully saturated rings. The number of piperidine rings is 1. The summed E-state index contributed by atoms with van der Waals surface area (Å²) in [7, 11) is 0. The quantitative estimate of drug-likeness (QED) is 0.854. The van der Waals surface area contributed by atoms with Gasteiger partial charge in [-0.1, -0.05) is 17.8 Å². The van der Waals surface area contributed by atoms with Crippen molar-refractivity contribution >= 4 is 34.9 Å². The van der Waals surface area contributed by atoms with Gasteiger partial charge in [0.15, 0.2) is 0 Å². The van der Waals surface area contributed by atoms with Gasteiger partial charge in [-0.05, 0) is 44.6 Å². The summed E-state index contributed by atoms with van der Waals surface area (Å²) in [5.41, 5.74) is 0.560. The molecule has 0 aliphatic carbocycles. The summed E-state index contributed by atoms with van der Waals surface area (Å²) in [6.07, 6.45) is 3.50. The summed E-state index contributed by atoms with van der Waals surface area (Å²) in [5, 5.41) is 14.9. The van der Waals surface area contributed by atoms with Gasteiger partial charge in [-0.3, -0.25) is 9.59 Å². The largest absolute Gasteiger partial charge is 0.337 e. The zero-order valence-electron chi connectivity index (χ0n) is 15.0. The van der Waals surface area contributed by atoms with Crippen LogP contribution >= 0.6 is 23.1 Å². The summed E-state index contributed by atoms with van der Waals surface area (Å²) < 4.78 is 0. The lowest BCUT2D eigenvalue weighted by molar-refractivity contribution is -0.134. The van der Waals surface area contributed by atoms with E-state index in [9.17, 15) is 14.9 Å². The molecule has 0 unspecified atom stereocenters. The second-order valence-electron chi connectivity index (χ2n) is 6.89. The zero-order chi connectivity index (χ0) is 18.7. The van der Waals surface area contributed by atoms with E-state index in [1.807, 2.05) is 22.4 Å². The fraction of sp³-hybridized carbons (Fsp3) is 0.526. The maximum absolute atomic E-state index is 12.7. The van der Waals surface area contributed by atoms with E-state index < -0.39 is 0 Å². The Hall–Kier alpha value is -1.78. The first-order chi connectivity index (χ1) is 12.5. The Morgan fingerprint density at radius 3 is 2.77 bits per heavy atom. The van der Waals surface area contributed by atoms with Crippen molar-refractivity contribution in [3.8, 4) is 6.07 Å². The number of hydrogen-bond donors (Lipinski definition) is 1. The molecule has 7 heteroatoms. The van der Waals surface area contributed by atoms with E-state index in [2.05, 4.69) is 25.2 Å². The number of nitrogens with zero attached hydrogens (tertiary/aromatic N) is 2. The number of thiophene rings is 1. The molecule has 3 heterocycles. The molecule has 0 spiro atoms. The van der Waals surface area contributed by atoms with Crippen LogP contribution in [0.1, 0.15) is 50.3 Å². The molecule has 3 rings (SSSR count). The number of amides is 2. The van der Waals surface area contributed by atoms with Gasteiger partial charge in [0.1, 0.15) is 0 Å². The van der Waals surface area contributed by atoms with E-state index in [1.54, 1.807) is 11.3 Å². The van der Waals surface area contributed by atoms with Crippen LogP contribution in [-0.4, -0.2) is 34.6 Å². The van der Waals surface area contributed by atoms with E-state index in [0.29, 0.717) is 10.6 Å². The van der Waals surface area contributed by atoms with Gasteiger partial charge in [0.25, 0.3) is 0 Å². The molecule has 26 heavy (non-hydrogen) atoms. The van der Waals surface area contributed by atoms with Gasteiger partial charge >= 0.3 is 0 Å². The second-order valence-corrected chi connectivity index (χ2v) is 8.86. The van der Waals surface area contributed by atoms with Crippen molar-refractivity contribution in [3.63, 3.8) is 0 Å². The molecule has 1 saturated heterocycles. The monoisotopic (exact) mass is 389 g/mol. The molecule has 2 aliphatic heterocycles. The van der Waals surface area contributed by atoms with Gasteiger partial charge < -0.3 is 10.2 Å². The Bertz CT molecular complexity index is 741. The fourth-order valence-corrected chi connectivity index (χ4v) is 5.57. The molecule has 138 valence electrons. The predicted molar refractivity (Wildman–Crippen MR) is 105 cm³/mol. The van der Waals surface area contributed by atoms with Crippen molar-refractivity contribution < 1.29 is 9.59 Å². The molecule has 1 aromatic rings. The summed E-state index contributed by atoms with van der Waals surface area (Å²) in [5.74, 6) is 0.00957. The number of likely N-dealkylation sites (tertiary alicyclic amines) is 1. The highest BCUT2D eigenvalue weighted by molar-refractivity contribution is 8.03. The van der Waals surface area contributed by atoms with Crippen molar-refractivity contribution in [3.05, 3.63) is 33.0 Å². The van der Waals surface area contributed by atoms with Gasteiger partial charge in [-0.25, -0.2) is 0 Å². The lowest BCUT2D eigenvalue weighted by atomic mass is 9.93. The first-order valence-electron chi connectivity index (χ1n) is 8.92. The molecule has 0 bridgehead atoms. The van der Waals surface area contributed by atoms with Crippen LogP contribution in [0.4, 0.5) is 0 Å². The van der Waals surface area contributed by atoms with E-state index in [1.165, 1.54) is 11.8 Å². The van der Waals surface area contributed by atoms with Crippen molar-refractivity contribution in [1.29, 1.82) is 5.26 Å². The number of thioether (sulfide) groups is 1. The third-order valence-corrected chi connectivity index (χ3v) is 7.05. The average molecular weight is 390 g/mol. The second kappa shape index (κ2) is 8.28. The molecular weight excluding hydrogens is 366 g/mol. The molecule has 1 N–H and O–H groups in total. The SMILES string of the molecule is C[C@@H]1CCC[C@@H](C)N1C(=O)CSC1=C(C#N)[C@@H](c2cccs2)CC(=O)N1. The third kappa shape index (κ3) is 3.97. The Balaban J connectivity index is 1.75. The summed E-state index contributed by atoms with van der Waals surface area (Å²) in [6, 6.07) is 6.63. The van der Waals surface area contributed by atoms with Crippen molar-refractivity contribution in [1.82, 2.24) is 10.2 Å². The predicted octanol–water partition coefficient (Wildman–Crippen LogP) is 3.61. The van der Waals surface area contributed by atoms with Gasteiger partial charge in [-0.15, -0.1) is 11.3 Å². The first kappa shape index (κ1) is 19.0. The van der Waals surface area contributed by atoms with Crippen molar-refractivity contribution in [2.24, 2.45) is 0 Å². The smallest absolute Gasteiger partial charge is 0.233 e. The van der Waals surface area contributed by atoms with Gasteiger partial charge in [0.05, 0.1) is 22.4 Å². The normalized spacial score (nSPS) is 26.4. The lowest BCUT2D eigenvalue weighted by Crippen LogP contribution is -2.48. The number of hydrogen-bond acceptors (Lipinski definition) is 5. The zero-order valence-corrected chi connectivity index (χ0v) is 16.7. The fourth-order valence-electron chi connectivity index (χ4n) is 3.79. The van der Waals surface area contributed by atoms with Crippen LogP contribution in [0.5, 0.6) is 0 Å². The summed E-state index contributed by atoms with van der Waals surface area (Å²) in [4.78, 5) is 27.8. The number of nitrogens with one attached hydrogen (secondary N) is 1. The summed E-state index contributed by atoms with van der Waals surface area (Å²) in [6.45, 7) is 4.18. The van der Waals surface area contributed by atoms with Crippen LogP contribution in [0.2, 0.25) is 0 Å². The Morgan fingerprint density at radius 1 is 1.42 bits per heavy atom. The van der Waals surface area contributed by atoms with E-state index in [0.717, 1.165) is 24.1 Å². The highest BCUT2D eigenvalue weighted by Crippen LogP contribution is 2.38. The molecular formula is C19H23N3O2S2. The van der Waals surface area contributed by atoms with Crippen LogP contribution in [0, 0.1) is 11.3 Å². The molecule has 2 amide bonds. The minimum atomic E-state index is -0.209. The highest BCUT2D eigenvalue weighted by Gasteiger charge is 2.32. The Morgan fingerprint density at radius 2 is 2.15 bits per heavy atom. The first-order valence-corrected chi connectivity index (χ1v) is 10.8. The Kier molecular flexibility index (Phi) is 6.05. The van der Waals surface area contributed by atoms with Crippen LogP contribution in [0.15, 0.2) is 28.1 Å². The van der Waals surface area contributed by atoms with Crippen LogP contribution in [0.25, 0.3) is 0 Å². The third-order valence-electron chi connectivity index (χ3n) is 5.06. The molecule has 0 radical (unpaired) electrons. The molecule has 5 nitrogen and oxygen atoms in total. The Labute approximate surface area is 162 Å². The molecule has 2 aliphatic rings. The number of allylic oxidation sites excluding steroid dienone is 1. The average Bonchev–Trinajstić information content (AvgIpc) is 3.13. The minimum Gasteiger partial charge on any atom is -0.337 e. The van der Waals surface area contributed by atoms with E-state index in [-0.39, 0.29) is 42.0 Å². The molecule has 1 aromatic heterocycles. The van der Waals surface area contributed by atoms with Crippen molar-refractivity contribution in [2.75, 3.05) is 5.75 Å². The van der Waals surface area contributed by atoms with Crippen LogP contribution in [-0.2, 0) is 9.59 Å². The highest BCUT2D eigenvalue weighted by atomic mass is 32.2. The number of nitriles is 1. The molecule has 0 saturated carbocycles. The number of carbonyl (C=O) groups excluding carboxylic acids is 2. The maximum atomic E-state index is 12.7. The summed E-state index contributed by atoms with van der Waals surface area (Å²) >= 11 is 2.83. The lowest BCUT2D eigenvalue weighted by Gasteiger charge is -2.39. The van der Waals surface area contributed by atoms with E-state index in [4.69, 9.17) is 0 Å². The van der Waals surface area contributed by atoms with Gasteiger partial charge in [-0.2, -0.15) is 5.26 Å². The van der Waals surface area contributed by atoms with Crippen LogP contribution in [0.3, 0.4) is 0 Å². The minimum absolute atomic E-state index is 0.0759. The van der Waals surface area contributed by atoms with Crippen LogP contribution < -0.4 is 5.32 Å². The topological polar surface area (TPSA) is 73.2 Å². The van der Waals surface area contributed by atoms with E-state index >= 15 is 0 Å².